The molecule has 0 atom stereocenters. The molecule has 0 aliphatic carbocycles. The van der Waals surface area contributed by atoms with Gasteiger partial charge in [0.15, 0.2) is 5.42 Å². The lowest BCUT2D eigenvalue weighted by molar-refractivity contribution is 0.489. The fourth-order valence-electron chi connectivity index (χ4n) is 3.95. The average Bonchev–Trinajstić information content (AvgIpc) is 2.81. The first kappa shape index (κ1) is 14.8. The molecule has 2 aliphatic heterocycles. The number of anilines is 1. The van der Waals surface area contributed by atoms with Crippen LogP contribution >= 0.6 is 12.2 Å². The molecule has 3 nitrogen and oxygen atoms in total. The summed E-state index contributed by atoms with van der Waals surface area (Å²) in [5, 5.41) is 0.866. The summed E-state index contributed by atoms with van der Waals surface area (Å²) >= 11 is 5.28. The number of aromatic nitrogens is 1. The Kier molecular flexibility index (Phi) is 3.64. The smallest absolute Gasteiger partial charge is 0.269 e. The molecule has 0 fully saturated rings. The zero-order valence-corrected chi connectivity index (χ0v) is 14.4. The lowest BCUT2D eigenvalue weighted by atomic mass is 9.90. The van der Waals surface area contributed by atoms with Gasteiger partial charge in [-0.05, 0) is 79.7 Å². The maximum atomic E-state index is 5.74. The van der Waals surface area contributed by atoms with Gasteiger partial charge in [0.25, 0.3) is 4.84 Å². The Morgan fingerprint density at radius 1 is 1.22 bits per heavy atom. The molecule has 120 valence electrons. The van der Waals surface area contributed by atoms with Gasteiger partial charge in [-0.3, -0.25) is 0 Å². The Balaban J connectivity index is 1.87. The quantitative estimate of drug-likeness (QED) is 0.792. The first-order valence-corrected chi connectivity index (χ1v) is 8.89. The molecule has 4 rings (SSSR count). The molecule has 3 heterocycles. The molecule has 0 spiro atoms. The van der Waals surface area contributed by atoms with E-state index in [1.165, 1.54) is 61.2 Å². The third-order valence-electron chi connectivity index (χ3n) is 5.00. The highest BCUT2D eigenvalue weighted by Gasteiger charge is 2.23. The van der Waals surface area contributed by atoms with Gasteiger partial charge in [-0.1, -0.05) is 6.58 Å². The highest BCUT2D eigenvalue weighted by Crippen LogP contribution is 2.36. The van der Waals surface area contributed by atoms with E-state index in [1.54, 1.807) is 0 Å². The summed E-state index contributed by atoms with van der Waals surface area (Å²) in [4.78, 5) is 3.07. The third-order valence-corrected chi connectivity index (χ3v) is 5.30. The van der Waals surface area contributed by atoms with Gasteiger partial charge in [-0.15, -0.1) is 0 Å². The summed E-state index contributed by atoms with van der Waals surface area (Å²) in [6, 6.07) is 4.63. The van der Waals surface area contributed by atoms with E-state index in [9.17, 15) is 0 Å². The predicted molar refractivity (Wildman–Crippen MR) is 96.8 cm³/mol. The van der Waals surface area contributed by atoms with Gasteiger partial charge >= 0.3 is 0 Å². The minimum Gasteiger partial charge on any atom is -0.429 e. The van der Waals surface area contributed by atoms with Crippen LogP contribution in [0.4, 0.5) is 5.69 Å². The topological polar surface area (TPSA) is 21.3 Å². The van der Waals surface area contributed by atoms with E-state index in [-0.39, 0.29) is 0 Å². The minimum atomic E-state index is 0.509. The predicted octanol–water partition coefficient (Wildman–Crippen LogP) is 2.77. The van der Waals surface area contributed by atoms with E-state index >= 15 is 0 Å². The number of oxazole rings is 1. The second-order valence-electron chi connectivity index (χ2n) is 6.45. The summed E-state index contributed by atoms with van der Waals surface area (Å²) in [5.74, 6) is 0. The van der Waals surface area contributed by atoms with Gasteiger partial charge in [0.05, 0.1) is 5.35 Å². The molecule has 1 aromatic carbocycles. The highest BCUT2D eigenvalue weighted by molar-refractivity contribution is 7.71. The Morgan fingerprint density at radius 2 is 1.87 bits per heavy atom. The summed E-state index contributed by atoms with van der Waals surface area (Å²) in [6.07, 6.45) is 6.95. The van der Waals surface area contributed by atoms with Gasteiger partial charge in [0.1, 0.15) is 0 Å². The molecule has 0 saturated heterocycles. The molecule has 0 unspecified atom stereocenters. The molecule has 0 saturated carbocycles. The normalized spacial score (nSPS) is 17.4. The summed E-state index contributed by atoms with van der Waals surface area (Å²) in [6.45, 7) is 9.39. The van der Waals surface area contributed by atoms with Crippen LogP contribution in [0.2, 0.25) is 0 Å². The first-order chi connectivity index (χ1) is 11.2. The van der Waals surface area contributed by atoms with Gasteiger partial charge in [0.2, 0.25) is 0 Å². The molecular weight excluding hydrogens is 304 g/mol. The van der Waals surface area contributed by atoms with Gasteiger partial charge in [0, 0.05) is 25.3 Å². The van der Waals surface area contributed by atoms with E-state index in [4.69, 9.17) is 16.6 Å². The van der Waals surface area contributed by atoms with Crippen molar-refractivity contribution in [2.75, 3.05) is 18.0 Å². The number of hydrogen-bond acceptors (Lipinski definition) is 3. The van der Waals surface area contributed by atoms with Crippen molar-refractivity contribution in [2.45, 2.75) is 39.2 Å². The maximum absolute atomic E-state index is 5.74. The third kappa shape index (κ3) is 2.45. The van der Waals surface area contributed by atoms with Crippen LogP contribution in [0, 0.1) is 4.84 Å². The van der Waals surface area contributed by atoms with Crippen LogP contribution in [0.25, 0.3) is 12.7 Å². The molecule has 0 N–H and O–H groups in total. The lowest BCUT2D eigenvalue weighted by Crippen LogP contribution is -2.34. The number of benzene rings is 1. The molecule has 23 heavy (non-hydrogen) atoms. The molecule has 4 heteroatoms. The van der Waals surface area contributed by atoms with Crippen LogP contribution in [-0.4, -0.2) is 17.7 Å². The maximum Gasteiger partial charge on any atom is 0.269 e. The fraction of sp³-hybridized carbons (Fsp3) is 0.421. The van der Waals surface area contributed by atoms with Crippen molar-refractivity contribution in [3.05, 3.63) is 44.4 Å². The van der Waals surface area contributed by atoms with Gasteiger partial charge in [-0.2, -0.15) is 0 Å². The number of hydrogen-bond donors (Lipinski definition) is 0. The van der Waals surface area contributed by atoms with Crippen molar-refractivity contribution in [2.24, 2.45) is 0 Å². The van der Waals surface area contributed by atoms with E-state index in [0.717, 1.165) is 17.3 Å². The Bertz CT molecular complexity index is 891. The summed E-state index contributed by atoms with van der Waals surface area (Å²) in [5.41, 5.74) is 6.46. The largest absolute Gasteiger partial charge is 0.429 e. The summed E-state index contributed by atoms with van der Waals surface area (Å²) in [7, 11) is 0. The van der Waals surface area contributed by atoms with Crippen LogP contribution in [0.3, 0.4) is 0 Å². The Hall–Kier alpha value is -1.81. The molecular formula is C19H22N2OS. The van der Waals surface area contributed by atoms with Gasteiger partial charge in [-0.25, -0.2) is 0 Å². The minimum absolute atomic E-state index is 0.509. The SMILES string of the molecule is C=c1/c(=C\c2cc3c4c(c2)CCCN4CCC3)oc(=S)n1CC. The summed E-state index contributed by atoms with van der Waals surface area (Å²) < 4.78 is 7.68. The number of aryl methyl sites for hydroxylation is 2. The second-order valence-corrected chi connectivity index (χ2v) is 6.80. The highest BCUT2D eigenvalue weighted by atomic mass is 32.1. The van der Waals surface area contributed by atoms with Gasteiger partial charge < -0.3 is 13.9 Å². The van der Waals surface area contributed by atoms with Crippen molar-refractivity contribution >= 4 is 30.6 Å². The van der Waals surface area contributed by atoms with Crippen LogP contribution in [-0.2, 0) is 19.4 Å². The molecule has 0 amide bonds. The Labute approximate surface area is 141 Å². The average molecular weight is 326 g/mol. The number of rotatable bonds is 2. The van der Waals surface area contributed by atoms with Crippen molar-refractivity contribution in [3.63, 3.8) is 0 Å². The first-order valence-electron chi connectivity index (χ1n) is 8.48. The van der Waals surface area contributed by atoms with Crippen LogP contribution in [0.15, 0.2) is 16.5 Å². The van der Waals surface area contributed by atoms with E-state index in [0.29, 0.717) is 4.84 Å². The number of nitrogens with zero attached hydrogens (tertiary/aromatic N) is 2. The van der Waals surface area contributed by atoms with E-state index < -0.39 is 0 Å². The fourth-order valence-corrected chi connectivity index (χ4v) is 4.28. The van der Waals surface area contributed by atoms with E-state index in [2.05, 4.69) is 36.6 Å². The molecule has 2 aliphatic rings. The molecule has 1 aromatic heterocycles. The lowest BCUT2D eigenvalue weighted by Gasteiger charge is -2.37. The van der Waals surface area contributed by atoms with Crippen molar-refractivity contribution in [1.29, 1.82) is 0 Å². The molecule has 0 bridgehead atoms. The van der Waals surface area contributed by atoms with Crippen molar-refractivity contribution < 1.29 is 4.42 Å². The molecule has 2 aromatic rings. The zero-order chi connectivity index (χ0) is 16.0. The van der Waals surface area contributed by atoms with E-state index in [1.807, 2.05) is 4.57 Å². The monoisotopic (exact) mass is 326 g/mol. The second kappa shape index (κ2) is 5.68. The van der Waals surface area contributed by atoms with Crippen LogP contribution < -0.4 is 15.7 Å². The zero-order valence-electron chi connectivity index (χ0n) is 13.6. The molecule has 0 radical (unpaired) electrons. The van der Waals surface area contributed by atoms with Crippen LogP contribution in [0.1, 0.15) is 36.5 Å². The van der Waals surface area contributed by atoms with Crippen LogP contribution in [0.5, 0.6) is 0 Å². The van der Waals surface area contributed by atoms with Crippen molar-refractivity contribution in [3.8, 4) is 0 Å². The standard InChI is InChI=1S/C19H22N2OS/c1-3-21-13(2)17(22-19(21)23)12-14-10-15-6-4-8-20-9-5-7-16(11-14)18(15)20/h10-12H,2-9H2,1H3/b17-12+. The van der Waals surface area contributed by atoms with Crippen molar-refractivity contribution in [1.82, 2.24) is 4.57 Å². The Morgan fingerprint density at radius 3 is 2.43 bits per heavy atom.